The highest BCUT2D eigenvalue weighted by Crippen LogP contribution is 2.27. The highest BCUT2D eigenvalue weighted by atomic mass is 35.5. The zero-order valence-electron chi connectivity index (χ0n) is 12.5. The Balaban J connectivity index is 2.58. The van der Waals surface area contributed by atoms with Crippen molar-refractivity contribution in [3.05, 3.63) is 59.9 Å². The lowest BCUT2D eigenvalue weighted by Crippen LogP contribution is -2.42. The van der Waals surface area contributed by atoms with Gasteiger partial charge in [-0.3, -0.25) is 9.10 Å². The Morgan fingerprint density at radius 2 is 1.61 bits per heavy atom. The van der Waals surface area contributed by atoms with Crippen molar-refractivity contribution in [2.45, 2.75) is 24.8 Å². The van der Waals surface area contributed by atoms with Crippen molar-refractivity contribution in [2.75, 3.05) is 4.31 Å². The number of hydrogen-bond acceptors (Lipinski definition) is 3. The molecule has 0 aliphatic heterocycles. The Hall–Kier alpha value is -1.92. The van der Waals surface area contributed by atoms with E-state index in [2.05, 4.69) is 0 Å². The van der Waals surface area contributed by atoms with E-state index in [9.17, 15) is 17.6 Å². The summed E-state index contributed by atoms with van der Waals surface area (Å²) >= 11 is 5.52. The number of benzene rings is 2. The number of aryl methyl sites for hydroxylation is 1. The van der Waals surface area contributed by atoms with Crippen molar-refractivity contribution in [3.63, 3.8) is 0 Å². The van der Waals surface area contributed by atoms with E-state index < -0.39 is 27.1 Å². The molecule has 0 aromatic heterocycles. The molecule has 0 N–H and O–H groups in total. The van der Waals surface area contributed by atoms with Gasteiger partial charge in [-0.1, -0.05) is 17.7 Å². The van der Waals surface area contributed by atoms with Gasteiger partial charge in [0.05, 0.1) is 10.6 Å². The number of anilines is 1. The van der Waals surface area contributed by atoms with Crippen molar-refractivity contribution < 1.29 is 17.6 Å². The van der Waals surface area contributed by atoms with Crippen molar-refractivity contribution in [2.24, 2.45) is 0 Å². The summed E-state index contributed by atoms with van der Waals surface area (Å²) < 4.78 is 39.7. The Kier molecular flexibility index (Phi) is 5.06. The average Bonchev–Trinajstić information content (AvgIpc) is 2.49. The maximum Gasteiger partial charge on any atom is 0.265 e. The van der Waals surface area contributed by atoms with Crippen LogP contribution in [0, 0.1) is 12.7 Å². The molecule has 23 heavy (non-hydrogen) atoms. The van der Waals surface area contributed by atoms with Gasteiger partial charge in [0.2, 0.25) is 5.24 Å². The van der Waals surface area contributed by atoms with Crippen LogP contribution in [0.15, 0.2) is 53.4 Å². The van der Waals surface area contributed by atoms with Crippen LogP contribution in [0.1, 0.15) is 12.5 Å². The molecule has 1 unspecified atom stereocenters. The Morgan fingerprint density at radius 3 is 2.09 bits per heavy atom. The van der Waals surface area contributed by atoms with Crippen LogP contribution in [0.3, 0.4) is 0 Å². The Morgan fingerprint density at radius 1 is 1.09 bits per heavy atom. The van der Waals surface area contributed by atoms with Gasteiger partial charge in [0.1, 0.15) is 11.9 Å². The van der Waals surface area contributed by atoms with Crippen LogP contribution in [0.25, 0.3) is 0 Å². The van der Waals surface area contributed by atoms with Crippen molar-refractivity contribution >= 4 is 32.6 Å². The van der Waals surface area contributed by atoms with Crippen LogP contribution >= 0.6 is 11.6 Å². The van der Waals surface area contributed by atoms with Gasteiger partial charge in [0.25, 0.3) is 10.0 Å². The summed E-state index contributed by atoms with van der Waals surface area (Å²) in [5.41, 5.74) is 1.25. The van der Waals surface area contributed by atoms with Crippen molar-refractivity contribution in [3.8, 4) is 0 Å². The highest BCUT2D eigenvalue weighted by molar-refractivity contribution is 7.93. The first-order chi connectivity index (χ1) is 10.7. The van der Waals surface area contributed by atoms with E-state index >= 15 is 0 Å². The summed E-state index contributed by atoms with van der Waals surface area (Å²) in [6.45, 7) is 3.26. The normalized spacial score (nSPS) is 12.7. The smallest absolute Gasteiger partial charge is 0.265 e. The maximum atomic E-state index is 13.0. The molecule has 0 aliphatic rings. The second kappa shape index (κ2) is 6.68. The summed E-state index contributed by atoms with van der Waals surface area (Å²) in [6.07, 6.45) is 0. The monoisotopic (exact) mass is 355 g/mol. The van der Waals surface area contributed by atoms with Crippen LogP contribution in [-0.4, -0.2) is 19.7 Å². The summed E-state index contributed by atoms with van der Waals surface area (Å²) in [7, 11) is -4.07. The fourth-order valence-electron chi connectivity index (χ4n) is 2.07. The van der Waals surface area contributed by atoms with Gasteiger partial charge in [0, 0.05) is 0 Å². The quantitative estimate of drug-likeness (QED) is 0.771. The minimum Gasteiger partial charge on any atom is -0.279 e. The van der Waals surface area contributed by atoms with Gasteiger partial charge >= 0.3 is 0 Å². The summed E-state index contributed by atoms with van der Waals surface area (Å²) in [4.78, 5) is 11.4. The highest BCUT2D eigenvalue weighted by Gasteiger charge is 2.32. The van der Waals surface area contributed by atoms with Crippen LogP contribution in [0.2, 0.25) is 0 Å². The third kappa shape index (κ3) is 3.71. The van der Waals surface area contributed by atoms with Gasteiger partial charge in [-0.25, -0.2) is 12.8 Å². The fraction of sp³-hybridized carbons (Fsp3) is 0.188. The zero-order chi connectivity index (χ0) is 17.2. The number of halogens is 2. The first-order valence-corrected chi connectivity index (χ1v) is 8.61. The number of nitrogens with zero attached hydrogens (tertiary/aromatic N) is 1. The number of carbonyl (C=O) groups is 1. The van der Waals surface area contributed by atoms with Crippen molar-refractivity contribution in [1.29, 1.82) is 0 Å². The van der Waals surface area contributed by atoms with Crippen LogP contribution < -0.4 is 4.31 Å². The Bertz CT molecular complexity index is 804. The molecular formula is C16H15ClFNO3S. The molecule has 0 spiro atoms. The van der Waals surface area contributed by atoms with E-state index in [0.29, 0.717) is 5.69 Å². The van der Waals surface area contributed by atoms with E-state index in [0.717, 1.165) is 34.1 Å². The third-order valence-electron chi connectivity index (χ3n) is 3.34. The molecule has 0 saturated carbocycles. The molecule has 4 nitrogen and oxygen atoms in total. The molecular weight excluding hydrogens is 341 g/mol. The molecule has 0 fully saturated rings. The van der Waals surface area contributed by atoms with Gasteiger partial charge in [0.15, 0.2) is 0 Å². The summed E-state index contributed by atoms with van der Waals surface area (Å²) in [5.74, 6) is -0.549. The topological polar surface area (TPSA) is 54.5 Å². The minimum atomic E-state index is -4.07. The molecule has 122 valence electrons. The molecule has 0 bridgehead atoms. The predicted molar refractivity (Wildman–Crippen MR) is 87.6 cm³/mol. The van der Waals surface area contributed by atoms with Gasteiger partial charge in [-0.2, -0.15) is 0 Å². The second-order valence-electron chi connectivity index (χ2n) is 5.07. The maximum absolute atomic E-state index is 13.0. The molecule has 0 amide bonds. The lowest BCUT2D eigenvalue weighted by Gasteiger charge is -2.28. The van der Waals surface area contributed by atoms with E-state index in [1.807, 2.05) is 6.92 Å². The van der Waals surface area contributed by atoms with E-state index in [-0.39, 0.29) is 4.90 Å². The first kappa shape index (κ1) is 17.4. The van der Waals surface area contributed by atoms with E-state index in [1.54, 1.807) is 24.3 Å². The molecule has 0 aliphatic carbocycles. The van der Waals surface area contributed by atoms with E-state index in [4.69, 9.17) is 11.6 Å². The predicted octanol–water partition coefficient (Wildman–Crippen LogP) is 3.48. The second-order valence-corrected chi connectivity index (χ2v) is 7.26. The summed E-state index contributed by atoms with van der Waals surface area (Å²) in [6, 6.07) is 9.94. The third-order valence-corrected chi connectivity index (χ3v) is 5.57. The molecule has 0 saturated heterocycles. The molecule has 1 atom stereocenters. The summed E-state index contributed by atoms with van der Waals surface area (Å²) in [5, 5.41) is -0.809. The fourth-order valence-corrected chi connectivity index (χ4v) is 3.85. The standard InChI is InChI=1S/C16H15ClFNO3S/c1-11-3-7-14(8-4-11)19(12(2)16(17)20)23(21,22)15-9-5-13(18)6-10-15/h3-10,12H,1-2H3. The lowest BCUT2D eigenvalue weighted by molar-refractivity contribution is -0.112. The molecule has 0 radical (unpaired) electrons. The molecule has 0 heterocycles. The molecule has 7 heteroatoms. The SMILES string of the molecule is Cc1ccc(N(C(C)C(=O)Cl)S(=O)(=O)c2ccc(F)cc2)cc1. The zero-order valence-corrected chi connectivity index (χ0v) is 14.1. The first-order valence-electron chi connectivity index (χ1n) is 6.79. The number of carbonyl (C=O) groups excluding carboxylic acids is 1. The Labute approximate surface area is 139 Å². The van der Waals surface area contributed by atoms with E-state index in [1.165, 1.54) is 6.92 Å². The average molecular weight is 356 g/mol. The largest absolute Gasteiger partial charge is 0.279 e. The molecule has 2 aromatic rings. The number of hydrogen-bond donors (Lipinski definition) is 0. The van der Waals surface area contributed by atoms with Gasteiger partial charge < -0.3 is 0 Å². The minimum absolute atomic E-state index is 0.121. The van der Waals surface area contributed by atoms with Gasteiger partial charge in [-0.05, 0) is 61.8 Å². The number of rotatable bonds is 5. The van der Waals surface area contributed by atoms with Gasteiger partial charge in [-0.15, -0.1) is 0 Å². The van der Waals surface area contributed by atoms with Crippen LogP contribution in [0.5, 0.6) is 0 Å². The van der Waals surface area contributed by atoms with Crippen LogP contribution in [-0.2, 0) is 14.8 Å². The number of sulfonamides is 1. The van der Waals surface area contributed by atoms with Crippen molar-refractivity contribution in [1.82, 2.24) is 0 Å². The molecule has 2 rings (SSSR count). The van der Waals surface area contributed by atoms with Crippen LogP contribution in [0.4, 0.5) is 10.1 Å². The lowest BCUT2D eigenvalue weighted by atomic mass is 10.2. The molecule has 2 aromatic carbocycles.